The maximum Gasteiger partial charge on any atom is 0.335 e. The molecule has 5 unspecified atom stereocenters. The first kappa shape index (κ1) is 13.3. The standard InChI is InChI=1S/C16H15NO5/c18-14(17-9-3-1-7(2-4-9)15(19)20)12-8-5-10-11(6-8)22-16(21)13(10)12/h1-4,8,10-13H,5-6H2,(H,17,18)(H,19,20). The maximum atomic E-state index is 12.5. The highest BCUT2D eigenvalue weighted by atomic mass is 16.6. The van der Waals surface area contributed by atoms with Gasteiger partial charge >= 0.3 is 11.9 Å². The van der Waals surface area contributed by atoms with Crippen molar-refractivity contribution in [2.75, 3.05) is 5.32 Å². The second-order valence-corrected chi connectivity index (χ2v) is 6.29. The molecule has 1 saturated heterocycles. The Balaban J connectivity index is 1.51. The largest absolute Gasteiger partial charge is 0.478 e. The zero-order chi connectivity index (χ0) is 15.4. The number of anilines is 1. The van der Waals surface area contributed by atoms with E-state index < -0.39 is 5.97 Å². The molecule has 2 saturated carbocycles. The number of carbonyl (C=O) groups excluding carboxylic acids is 2. The summed E-state index contributed by atoms with van der Waals surface area (Å²) in [6.07, 6.45) is 1.68. The van der Waals surface area contributed by atoms with E-state index >= 15 is 0 Å². The van der Waals surface area contributed by atoms with E-state index in [1.54, 1.807) is 12.1 Å². The molecular formula is C16H15NO5. The van der Waals surface area contributed by atoms with E-state index in [-0.39, 0.29) is 47.2 Å². The minimum atomic E-state index is -1.01. The van der Waals surface area contributed by atoms with E-state index in [4.69, 9.17) is 9.84 Å². The SMILES string of the molecule is O=C(O)c1ccc(NC(=O)C2C3CC4OC(=O)C2C4C3)cc1. The van der Waals surface area contributed by atoms with Gasteiger partial charge in [0.05, 0.1) is 17.4 Å². The highest BCUT2D eigenvalue weighted by Gasteiger charge is 2.63. The Morgan fingerprint density at radius 3 is 2.59 bits per heavy atom. The zero-order valence-corrected chi connectivity index (χ0v) is 11.7. The summed E-state index contributed by atoms with van der Waals surface area (Å²) in [5.74, 6) is -1.63. The Morgan fingerprint density at radius 1 is 1.18 bits per heavy atom. The summed E-state index contributed by atoms with van der Waals surface area (Å²) in [5, 5.41) is 11.7. The number of esters is 1. The monoisotopic (exact) mass is 301 g/mol. The Kier molecular flexibility index (Phi) is 2.76. The Morgan fingerprint density at radius 2 is 1.91 bits per heavy atom. The lowest BCUT2D eigenvalue weighted by Gasteiger charge is -2.23. The summed E-state index contributed by atoms with van der Waals surface area (Å²) < 4.78 is 5.33. The number of carboxylic acid groups (broad SMARTS) is 1. The molecule has 1 aliphatic heterocycles. The van der Waals surface area contributed by atoms with Crippen LogP contribution in [0, 0.1) is 23.7 Å². The lowest BCUT2D eigenvalue weighted by molar-refractivity contribution is -0.145. The average Bonchev–Trinajstić information content (AvgIpc) is 3.09. The molecule has 5 atom stereocenters. The van der Waals surface area contributed by atoms with Crippen LogP contribution in [0.4, 0.5) is 5.69 Å². The van der Waals surface area contributed by atoms with Gasteiger partial charge in [0.2, 0.25) is 5.91 Å². The molecule has 0 spiro atoms. The van der Waals surface area contributed by atoms with Gasteiger partial charge in [-0.1, -0.05) is 0 Å². The minimum absolute atomic E-state index is 0.0152. The molecule has 4 rings (SSSR count). The van der Waals surface area contributed by atoms with Gasteiger partial charge in [-0.3, -0.25) is 9.59 Å². The number of nitrogens with one attached hydrogen (secondary N) is 1. The fourth-order valence-electron chi connectivity index (χ4n) is 4.28. The van der Waals surface area contributed by atoms with E-state index in [2.05, 4.69) is 5.32 Å². The van der Waals surface area contributed by atoms with Crippen molar-refractivity contribution in [3.05, 3.63) is 29.8 Å². The third kappa shape index (κ3) is 1.83. The fourth-order valence-corrected chi connectivity index (χ4v) is 4.28. The van der Waals surface area contributed by atoms with Crippen LogP contribution in [0.2, 0.25) is 0 Å². The molecule has 0 radical (unpaired) electrons. The molecule has 3 aliphatic rings. The van der Waals surface area contributed by atoms with E-state index in [1.807, 2.05) is 0 Å². The molecule has 1 aromatic carbocycles. The Labute approximate surface area is 126 Å². The van der Waals surface area contributed by atoms with Gasteiger partial charge in [0, 0.05) is 11.6 Å². The zero-order valence-electron chi connectivity index (χ0n) is 11.7. The molecule has 22 heavy (non-hydrogen) atoms. The number of aromatic carboxylic acids is 1. The topological polar surface area (TPSA) is 92.7 Å². The first-order valence-electron chi connectivity index (χ1n) is 7.39. The van der Waals surface area contributed by atoms with Crippen LogP contribution in [-0.2, 0) is 14.3 Å². The molecule has 114 valence electrons. The van der Waals surface area contributed by atoms with E-state index in [0.29, 0.717) is 5.69 Å². The van der Waals surface area contributed by atoms with E-state index in [9.17, 15) is 14.4 Å². The molecule has 6 heteroatoms. The molecule has 2 aliphatic carbocycles. The summed E-state index contributed by atoms with van der Waals surface area (Å²) >= 11 is 0. The highest BCUT2D eigenvalue weighted by molar-refractivity contribution is 5.97. The van der Waals surface area contributed by atoms with Gasteiger partial charge in [-0.25, -0.2) is 4.79 Å². The summed E-state index contributed by atoms with van der Waals surface area (Å²) in [7, 11) is 0. The number of hydrogen-bond acceptors (Lipinski definition) is 4. The number of carboxylic acids is 1. The van der Waals surface area contributed by atoms with Crippen LogP contribution in [0.3, 0.4) is 0 Å². The third-order valence-electron chi connectivity index (χ3n) is 5.19. The van der Waals surface area contributed by atoms with Gasteiger partial charge < -0.3 is 15.2 Å². The van der Waals surface area contributed by atoms with Gasteiger partial charge in [0.15, 0.2) is 0 Å². The number of amides is 1. The smallest absolute Gasteiger partial charge is 0.335 e. The summed E-state index contributed by atoms with van der Waals surface area (Å²) in [5.41, 5.74) is 0.709. The minimum Gasteiger partial charge on any atom is -0.478 e. The number of fused-ring (bicyclic) bond motifs is 1. The van der Waals surface area contributed by atoms with Crippen LogP contribution in [0.5, 0.6) is 0 Å². The Hall–Kier alpha value is -2.37. The van der Waals surface area contributed by atoms with Gasteiger partial charge in [0.25, 0.3) is 0 Å². The molecular weight excluding hydrogens is 286 g/mol. The molecule has 2 bridgehead atoms. The van der Waals surface area contributed by atoms with Crippen LogP contribution in [-0.4, -0.2) is 29.1 Å². The van der Waals surface area contributed by atoms with E-state index in [0.717, 1.165) is 12.8 Å². The van der Waals surface area contributed by atoms with Crippen molar-refractivity contribution in [2.24, 2.45) is 23.7 Å². The van der Waals surface area contributed by atoms with Crippen LogP contribution in [0.1, 0.15) is 23.2 Å². The van der Waals surface area contributed by atoms with Crippen molar-refractivity contribution in [1.82, 2.24) is 0 Å². The molecule has 0 aromatic heterocycles. The lowest BCUT2D eigenvalue weighted by Crippen LogP contribution is -2.35. The first-order valence-corrected chi connectivity index (χ1v) is 7.39. The van der Waals surface area contributed by atoms with Crippen LogP contribution in [0.15, 0.2) is 24.3 Å². The molecule has 2 N–H and O–H groups in total. The third-order valence-corrected chi connectivity index (χ3v) is 5.19. The van der Waals surface area contributed by atoms with Crippen LogP contribution < -0.4 is 5.32 Å². The second kappa shape index (κ2) is 4.56. The predicted molar refractivity (Wildman–Crippen MR) is 75.1 cm³/mol. The number of rotatable bonds is 3. The normalized spacial score (nSPS) is 34.5. The lowest BCUT2D eigenvalue weighted by atomic mass is 9.79. The van der Waals surface area contributed by atoms with Crippen molar-refractivity contribution in [3.8, 4) is 0 Å². The molecule has 1 amide bonds. The van der Waals surface area contributed by atoms with Gasteiger partial charge in [-0.2, -0.15) is 0 Å². The molecule has 6 nitrogen and oxygen atoms in total. The highest BCUT2D eigenvalue weighted by Crippen LogP contribution is 2.57. The summed E-state index contributed by atoms with van der Waals surface area (Å²) in [4.78, 5) is 35.2. The van der Waals surface area contributed by atoms with Gasteiger partial charge in [-0.05, 0) is 43.0 Å². The van der Waals surface area contributed by atoms with Crippen molar-refractivity contribution in [3.63, 3.8) is 0 Å². The Bertz CT molecular complexity index is 666. The second-order valence-electron chi connectivity index (χ2n) is 6.29. The summed E-state index contributed by atoms with van der Waals surface area (Å²) in [6.45, 7) is 0. The van der Waals surface area contributed by atoms with E-state index in [1.165, 1.54) is 12.1 Å². The predicted octanol–water partition coefficient (Wildman–Crippen LogP) is 1.52. The molecule has 1 aromatic rings. The van der Waals surface area contributed by atoms with Crippen molar-refractivity contribution < 1.29 is 24.2 Å². The van der Waals surface area contributed by atoms with Crippen molar-refractivity contribution >= 4 is 23.5 Å². The van der Waals surface area contributed by atoms with Crippen LogP contribution in [0.25, 0.3) is 0 Å². The number of benzene rings is 1. The number of carbonyl (C=O) groups is 3. The number of ether oxygens (including phenoxy) is 1. The molecule has 1 heterocycles. The van der Waals surface area contributed by atoms with Crippen molar-refractivity contribution in [2.45, 2.75) is 18.9 Å². The quantitative estimate of drug-likeness (QED) is 0.826. The maximum absolute atomic E-state index is 12.5. The first-order chi connectivity index (χ1) is 10.5. The number of hydrogen-bond donors (Lipinski definition) is 2. The van der Waals surface area contributed by atoms with Gasteiger partial charge in [0.1, 0.15) is 6.10 Å². The van der Waals surface area contributed by atoms with Crippen LogP contribution >= 0.6 is 0 Å². The molecule has 3 fully saturated rings. The van der Waals surface area contributed by atoms with Gasteiger partial charge in [-0.15, -0.1) is 0 Å². The van der Waals surface area contributed by atoms with Crippen molar-refractivity contribution in [1.29, 1.82) is 0 Å². The summed E-state index contributed by atoms with van der Waals surface area (Å²) in [6, 6.07) is 6.01. The fraction of sp³-hybridized carbons (Fsp3) is 0.438. The average molecular weight is 301 g/mol.